The van der Waals surface area contributed by atoms with Crippen molar-refractivity contribution in [1.82, 2.24) is 14.9 Å². The Labute approximate surface area is 223 Å². The van der Waals surface area contributed by atoms with E-state index in [1.807, 2.05) is 0 Å². The quantitative estimate of drug-likeness (QED) is 0.212. The van der Waals surface area contributed by atoms with E-state index in [1.165, 1.54) is 18.2 Å². The van der Waals surface area contributed by atoms with Crippen molar-refractivity contribution in [3.8, 4) is 5.75 Å². The Kier molecular flexibility index (Phi) is 8.51. The van der Waals surface area contributed by atoms with Gasteiger partial charge >= 0.3 is 0 Å². The van der Waals surface area contributed by atoms with Crippen LogP contribution in [0.2, 0.25) is 5.02 Å². The highest BCUT2D eigenvalue weighted by Gasteiger charge is 2.26. The van der Waals surface area contributed by atoms with Gasteiger partial charge in [-0.2, -0.15) is 4.98 Å². The van der Waals surface area contributed by atoms with E-state index < -0.39 is 11.7 Å². The van der Waals surface area contributed by atoms with E-state index in [4.69, 9.17) is 21.1 Å². The lowest BCUT2D eigenvalue weighted by molar-refractivity contribution is -0.130. The number of nitrogens with zero attached hydrogens (tertiary/aromatic N) is 3. The summed E-state index contributed by atoms with van der Waals surface area (Å²) in [6.07, 6.45) is 2.55. The van der Waals surface area contributed by atoms with Crippen molar-refractivity contribution in [2.24, 2.45) is 0 Å². The Morgan fingerprint density at radius 2 is 1.87 bits per heavy atom. The average molecular weight is 537 g/mol. The maximum atomic E-state index is 13.0. The summed E-state index contributed by atoms with van der Waals surface area (Å²) in [5.41, 5.74) is 1.52. The number of hydrogen-bond acceptors (Lipinski definition) is 9. The summed E-state index contributed by atoms with van der Waals surface area (Å²) in [7, 11) is 1.50. The number of Topliss-reactive ketones (excluding diaryl/α,β-unsaturated/α-hetero) is 1. The first-order chi connectivity index (χ1) is 18.4. The molecule has 3 aromatic rings. The SMILES string of the molecule is C=CC(=O)Nc1ccc(OC)c(Nc2ncc(Cl)c(Nc3ccccc3C(=O)C(=O)N3CCOCC3)n2)c1. The van der Waals surface area contributed by atoms with Gasteiger partial charge in [-0.1, -0.05) is 30.3 Å². The molecule has 1 fully saturated rings. The topological polar surface area (TPSA) is 135 Å². The fourth-order valence-electron chi connectivity index (χ4n) is 3.66. The highest BCUT2D eigenvalue weighted by molar-refractivity contribution is 6.44. The van der Waals surface area contributed by atoms with Crippen molar-refractivity contribution in [1.29, 1.82) is 0 Å². The number of para-hydroxylation sites is 1. The zero-order chi connectivity index (χ0) is 27.1. The molecule has 0 aliphatic carbocycles. The van der Waals surface area contributed by atoms with Gasteiger partial charge in [0.15, 0.2) is 5.82 Å². The third kappa shape index (κ3) is 6.25. The number of morpholine rings is 1. The largest absolute Gasteiger partial charge is 0.495 e. The fourth-order valence-corrected chi connectivity index (χ4v) is 3.79. The van der Waals surface area contributed by atoms with Crippen LogP contribution in [0.3, 0.4) is 0 Å². The predicted octanol–water partition coefficient (Wildman–Crippen LogP) is 3.79. The third-order valence-corrected chi connectivity index (χ3v) is 5.84. The number of ether oxygens (including phenoxy) is 2. The second kappa shape index (κ2) is 12.2. The number of amides is 2. The van der Waals surface area contributed by atoms with Crippen LogP contribution in [-0.4, -0.2) is 65.9 Å². The molecule has 1 saturated heterocycles. The minimum absolute atomic E-state index is 0.163. The molecule has 2 amide bonds. The molecule has 38 heavy (non-hydrogen) atoms. The van der Waals surface area contributed by atoms with Crippen LogP contribution in [0.4, 0.5) is 28.8 Å². The lowest BCUT2D eigenvalue weighted by atomic mass is 10.1. The van der Waals surface area contributed by atoms with Crippen molar-refractivity contribution in [2.45, 2.75) is 0 Å². The lowest BCUT2D eigenvalue weighted by Gasteiger charge is -2.26. The van der Waals surface area contributed by atoms with Gasteiger partial charge in [0.1, 0.15) is 10.8 Å². The van der Waals surface area contributed by atoms with Gasteiger partial charge in [-0.05, 0) is 36.4 Å². The Hall–Kier alpha value is -4.48. The highest BCUT2D eigenvalue weighted by Crippen LogP contribution is 2.32. The predicted molar refractivity (Wildman–Crippen MR) is 144 cm³/mol. The standard InChI is InChI=1S/C26H25ClN6O5/c1-3-22(34)29-16-8-9-21(37-2)20(14-16)31-26-28-15-18(27)24(32-26)30-19-7-5-4-6-17(19)23(35)25(36)33-10-12-38-13-11-33/h3-9,14-15H,1,10-13H2,2H3,(H,29,34)(H2,28,30,31,32). The Bertz CT molecular complexity index is 1380. The summed E-state index contributed by atoms with van der Waals surface area (Å²) >= 11 is 6.35. The summed E-state index contributed by atoms with van der Waals surface area (Å²) in [4.78, 5) is 47.6. The second-order valence-electron chi connectivity index (χ2n) is 8.03. The number of nitrogens with one attached hydrogen (secondary N) is 3. The van der Waals surface area contributed by atoms with Crippen molar-refractivity contribution in [3.63, 3.8) is 0 Å². The molecule has 1 aliphatic rings. The summed E-state index contributed by atoms with van der Waals surface area (Å²) in [6.45, 7) is 4.93. The van der Waals surface area contributed by atoms with Gasteiger partial charge in [0.05, 0.1) is 43.5 Å². The molecule has 0 saturated carbocycles. The molecule has 4 rings (SSSR count). The van der Waals surface area contributed by atoms with E-state index in [2.05, 4.69) is 32.5 Å². The smallest absolute Gasteiger partial charge is 0.295 e. The van der Waals surface area contributed by atoms with Crippen LogP contribution < -0.4 is 20.7 Å². The Balaban J connectivity index is 1.58. The molecular weight excluding hydrogens is 512 g/mol. The van der Waals surface area contributed by atoms with Gasteiger partial charge in [-0.3, -0.25) is 14.4 Å². The molecule has 12 heteroatoms. The Morgan fingerprint density at radius 1 is 1.11 bits per heavy atom. The van der Waals surface area contributed by atoms with Gasteiger partial charge < -0.3 is 30.3 Å². The molecule has 1 aromatic heterocycles. The maximum absolute atomic E-state index is 13.0. The van der Waals surface area contributed by atoms with Crippen molar-refractivity contribution in [3.05, 3.63) is 71.9 Å². The normalized spacial score (nSPS) is 12.8. The van der Waals surface area contributed by atoms with E-state index >= 15 is 0 Å². The first-order valence-corrected chi connectivity index (χ1v) is 12.0. The van der Waals surface area contributed by atoms with Gasteiger partial charge in [-0.25, -0.2) is 4.98 Å². The first-order valence-electron chi connectivity index (χ1n) is 11.6. The van der Waals surface area contributed by atoms with Crippen LogP contribution in [0.1, 0.15) is 10.4 Å². The molecule has 0 spiro atoms. The van der Waals surface area contributed by atoms with E-state index in [9.17, 15) is 14.4 Å². The molecule has 0 unspecified atom stereocenters. The van der Waals surface area contributed by atoms with Crippen LogP contribution in [0.15, 0.2) is 61.3 Å². The number of aromatic nitrogens is 2. The zero-order valence-corrected chi connectivity index (χ0v) is 21.2. The highest BCUT2D eigenvalue weighted by atomic mass is 35.5. The van der Waals surface area contributed by atoms with Crippen LogP contribution in [0.5, 0.6) is 5.75 Å². The molecule has 196 valence electrons. The summed E-state index contributed by atoms with van der Waals surface area (Å²) in [5.74, 6) is -0.771. The lowest BCUT2D eigenvalue weighted by Crippen LogP contribution is -2.44. The van der Waals surface area contributed by atoms with Gasteiger partial charge in [-0.15, -0.1) is 0 Å². The van der Waals surface area contributed by atoms with Gasteiger partial charge in [0.2, 0.25) is 11.9 Å². The summed E-state index contributed by atoms with van der Waals surface area (Å²) in [5, 5.41) is 8.95. The monoisotopic (exact) mass is 536 g/mol. The molecule has 2 heterocycles. The van der Waals surface area contributed by atoms with Crippen LogP contribution in [0, 0.1) is 0 Å². The number of rotatable bonds is 9. The minimum atomic E-state index is -0.651. The van der Waals surface area contributed by atoms with Gasteiger partial charge in [0, 0.05) is 18.8 Å². The second-order valence-corrected chi connectivity index (χ2v) is 8.44. The van der Waals surface area contributed by atoms with E-state index in [0.717, 1.165) is 6.08 Å². The number of halogens is 1. The van der Waals surface area contributed by atoms with Gasteiger partial charge in [0.25, 0.3) is 11.7 Å². The Morgan fingerprint density at radius 3 is 2.61 bits per heavy atom. The van der Waals surface area contributed by atoms with Crippen molar-refractivity contribution < 1.29 is 23.9 Å². The zero-order valence-electron chi connectivity index (χ0n) is 20.5. The van der Waals surface area contributed by atoms with E-state index in [0.29, 0.717) is 49.1 Å². The third-order valence-electron chi connectivity index (χ3n) is 5.56. The number of hydrogen-bond donors (Lipinski definition) is 3. The van der Waals surface area contributed by atoms with Crippen molar-refractivity contribution in [2.75, 3.05) is 49.4 Å². The molecule has 0 bridgehead atoms. The van der Waals surface area contributed by atoms with Crippen molar-refractivity contribution >= 4 is 58.0 Å². The number of carbonyl (C=O) groups is 3. The number of ketones is 1. The molecular formula is C26H25ClN6O5. The minimum Gasteiger partial charge on any atom is -0.495 e. The maximum Gasteiger partial charge on any atom is 0.295 e. The molecule has 11 nitrogen and oxygen atoms in total. The molecule has 1 aliphatic heterocycles. The van der Waals surface area contributed by atoms with Crippen LogP contribution in [0.25, 0.3) is 0 Å². The molecule has 3 N–H and O–H groups in total. The first kappa shape index (κ1) is 26.6. The van der Waals surface area contributed by atoms with Crippen LogP contribution >= 0.6 is 11.6 Å². The number of anilines is 5. The number of carbonyl (C=O) groups excluding carboxylic acids is 3. The average Bonchev–Trinajstić information content (AvgIpc) is 2.95. The molecule has 2 aromatic carbocycles. The number of methoxy groups -OCH3 is 1. The fraction of sp³-hybridized carbons (Fsp3) is 0.192. The summed E-state index contributed by atoms with van der Waals surface area (Å²) in [6, 6.07) is 11.6. The molecule has 0 atom stereocenters. The van der Waals surface area contributed by atoms with E-state index in [-0.39, 0.29) is 28.3 Å². The van der Waals surface area contributed by atoms with E-state index in [1.54, 1.807) is 42.5 Å². The molecule has 0 radical (unpaired) electrons. The summed E-state index contributed by atoms with van der Waals surface area (Å²) < 4.78 is 10.7. The van der Waals surface area contributed by atoms with Crippen LogP contribution in [-0.2, 0) is 14.3 Å². The number of benzene rings is 2.